The maximum absolute atomic E-state index is 12.5. The summed E-state index contributed by atoms with van der Waals surface area (Å²) >= 11 is 0. The van der Waals surface area contributed by atoms with Gasteiger partial charge in [0.05, 0.1) is 30.4 Å². The molecule has 2 N–H and O–H groups in total. The van der Waals surface area contributed by atoms with Crippen molar-refractivity contribution >= 4 is 33.7 Å². The van der Waals surface area contributed by atoms with Crippen LogP contribution < -0.4 is 10.0 Å². The molecule has 0 bridgehead atoms. The molecule has 0 atom stereocenters. The number of benzene rings is 2. The molecule has 3 rings (SSSR count). The second-order valence-corrected chi connectivity index (χ2v) is 8.13. The van der Waals surface area contributed by atoms with Gasteiger partial charge in [0, 0.05) is 11.8 Å². The molecule has 2 aromatic carbocycles. The number of carbonyl (C=O) groups is 2. The molecule has 31 heavy (non-hydrogen) atoms. The number of furan rings is 1. The van der Waals surface area contributed by atoms with Gasteiger partial charge in [0.25, 0.3) is 0 Å². The van der Waals surface area contributed by atoms with Crippen molar-refractivity contribution in [2.24, 2.45) is 0 Å². The highest BCUT2D eigenvalue weighted by Crippen LogP contribution is 2.16. The minimum Gasteiger partial charge on any atom is -0.468 e. The fourth-order valence-electron chi connectivity index (χ4n) is 2.61. The van der Waals surface area contributed by atoms with Crippen LogP contribution in [0.2, 0.25) is 0 Å². The smallest absolute Gasteiger partial charge is 0.337 e. The molecule has 0 unspecified atom stereocenters. The molecular formula is C22H20N2O6S. The van der Waals surface area contributed by atoms with E-state index in [9.17, 15) is 18.0 Å². The highest BCUT2D eigenvalue weighted by molar-refractivity contribution is 7.89. The van der Waals surface area contributed by atoms with Crippen LogP contribution in [0.4, 0.5) is 5.69 Å². The number of hydrogen-bond donors (Lipinski definition) is 2. The molecular weight excluding hydrogens is 420 g/mol. The summed E-state index contributed by atoms with van der Waals surface area (Å²) in [5.41, 5.74) is 1.45. The fourth-order valence-corrected chi connectivity index (χ4v) is 3.65. The number of rotatable bonds is 8. The van der Waals surface area contributed by atoms with E-state index in [1.165, 1.54) is 37.6 Å². The Kier molecular flexibility index (Phi) is 7.01. The van der Waals surface area contributed by atoms with E-state index in [0.29, 0.717) is 22.6 Å². The van der Waals surface area contributed by atoms with Gasteiger partial charge >= 0.3 is 5.97 Å². The van der Waals surface area contributed by atoms with Crippen LogP contribution in [0, 0.1) is 0 Å². The Morgan fingerprint density at radius 3 is 2.52 bits per heavy atom. The van der Waals surface area contributed by atoms with Gasteiger partial charge in [0.1, 0.15) is 5.76 Å². The highest BCUT2D eigenvalue weighted by atomic mass is 32.2. The third-order valence-corrected chi connectivity index (χ3v) is 5.59. The molecule has 0 radical (unpaired) electrons. The van der Waals surface area contributed by atoms with Crippen molar-refractivity contribution < 1.29 is 27.2 Å². The Bertz CT molecular complexity index is 1180. The normalized spacial score (nSPS) is 11.4. The zero-order valence-electron chi connectivity index (χ0n) is 16.6. The zero-order chi connectivity index (χ0) is 22.3. The molecule has 0 aliphatic rings. The molecule has 0 saturated heterocycles. The summed E-state index contributed by atoms with van der Waals surface area (Å²) in [5, 5.41) is 2.62. The lowest BCUT2D eigenvalue weighted by atomic mass is 10.1. The van der Waals surface area contributed by atoms with E-state index in [2.05, 4.69) is 14.8 Å². The number of sulfonamides is 1. The van der Waals surface area contributed by atoms with Gasteiger partial charge in [-0.25, -0.2) is 17.9 Å². The second kappa shape index (κ2) is 9.88. The lowest BCUT2D eigenvalue weighted by Gasteiger charge is -2.08. The van der Waals surface area contributed by atoms with Crippen molar-refractivity contribution in [2.45, 2.75) is 11.4 Å². The summed E-state index contributed by atoms with van der Waals surface area (Å²) in [7, 11) is -2.48. The van der Waals surface area contributed by atoms with Crippen LogP contribution in [-0.2, 0) is 26.1 Å². The van der Waals surface area contributed by atoms with E-state index >= 15 is 0 Å². The molecule has 3 aromatic rings. The van der Waals surface area contributed by atoms with Crippen LogP contribution in [0.1, 0.15) is 21.7 Å². The lowest BCUT2D eigenvalue weighted by Crippen LogP contribution is -2.23. The van der Waals surface area contributed by atoms with Gasteiger partial charge in [0.2, 0.25) is 15.9 Å². The van der Waals surface area contributed by atoms with E-state index < -0.39 is 21.9 Å². The Morgan fingerprint density at radius 1 is 1.06 bits per heavy atom. The van der Waals surface area contributed by atoms with Gasteiger partial charge < -0.3 is 14.5 Å². The molecule has 1 aromatic heterocycles. The molecule has 160 valence electrons. The Morgan fingerprint density at radius 2 is 1.84 bits per heavy atom. The summed E-state index contributed by atoms with van der Waals surface area (Å²) in [4.78, 5) is 23.6. The third-order valence-electron chi connectivity index (χ3n) is 4.19. The molecule has 0 spiro atoms. The van der Waals surface area contributed by atoms with Crippen molar-refractivity contribution in [2.75, 3.05) is 12.4 Å². The van der Waals surface area contributed by atoms with Gasteiger partial charge in [-0.15, -0.1) is 0 Å². The minimum absolute atomic E-state index is 0.0132. The van der Waals surface area contributed by atoms with Crippen LogP contribution >= 0.6 is 0 Å². The average molecular weight is 440 g/mol. The SMILES string of the molecule is COC(=O)c1ccc(/C=C/C(=O)Nc2cccc(S(=O)(=O)NCc3ccco3)c2)cc1. The first-order valence-corrected chi connectivity index (χ1v) is 10.7. The maximum atomic E-state index is 12.5. The van der Waals surface area contributed by atoms with Crippen molar-refractivity contribution in [3.8, 4) is 0 Å². The lowest BCUT2D eigenvalue weighted by molar-refractivity contribution is -0.111. The maximum Gasteiger partial charge on any atom is 0.337 e. The van der Waals surface area contributed by atoms with Gasteiger partial charge in [-0.2, -0.15) is 0 Å². The first-order chi connectivity index (χ1) is 14.9. The van der Waals surface area contributed by atoms with Crippen LogP contribution in [0.15, 0.2) is 82.3 Å². The Hall–Kier alpha value is -3.69. The van der Waals surface area contributed by atoms with Gasteiger partial charge in [-0.05, 0) is 54.1 Å². The summed E-state index contributed by atoms with van der Waals surface area (Å²) in [6.45, 7) is 0.0173. The number of hydrogen-bond acceptors (Lipinski definition) is 6. The molecule has 0 fully saturated rings. The number of amides is 1. The van der Waals surface area contributed by atoms with Gasteiger partial charge in [0.15, 0.2) is 0 Å². The number of nitrogens with one attached hydrogen (secondary N) is 2. The van der Waals surface area contributed by atoms with E-state index in [4.69, 9.17) is 4.42 Å². The molecule has 0 aliphatic heterocycles. The summed E-state index contributed by atoms with van der Waals surface area (Å²) in [5.74, 6) is -0.394. The van der Waals surface area contributed by atoms with E-state index in [-0.39, 0.29) is 11.4 Å². The number of methoxy groups -OCH3 is 1. The van der Waals surface area contributed by atoms with Crippen LogP contribution in [-0.4, -0.2) is 27.4 Å². The molecule has 0 aliphatic carbocycles. The summed E-state index contributed by atoms with van der Waals surface area (Å²) < 4.78 is 37.1. The standard InChI is InChI=1S/C22H20N2O6S/c1-29-22(26)17-10-7-16(8-11-17)9-12-21(25)24-18-4-2-6-20(14-18)31(27,28)23-15-19-5-3-13-30-19/h2-14,23H,15H2,1H3,(H,24,25)/b12-9+. The van der Waals surface area contributed by atoms with E-state index in [1.807, 2.05) is 0 Å². The van der Waals surface area contributed by atoms with Crippen LogP contribution in [0.5, 0.6) is 0 Å². The number of esters is 1. The number of ether oxygens (including phenoxy) is 1. The van der Waals surface area contributed by atoms with Crippen molar-refractivity contribution in [1.82, 2.24) is 4.72 Å². The monoisotopic (exact) mass is 440 g/mol. The Balaban J connectivity index is 1.62. The first-order valence-electron chi connectivity index (χ1n) is 9.17. The van der Waals surface area contributed by atoms with Crippen LogP contribution in [0.25, 0.3) is 6.08 Å². The second-order valence-electron chi connectivity index (χ2n) is 6.37. The predicted octanol–water partition coefficient (Wildman–Crippen LogP) is 3.20. The largest absolute Gasteiger partial charge is 0.468 e. The topological polar surface area (TPSA) is 115 Å². The van der Waals surface area contributed by atoms with E-state index in [1.54, 1.807) is 48.5 Å². The average Bonchev–Trinajstić information content (AvgIpc) is 3.30. The molecule has 1 amide bonds. The number of anilines is 1. The quantitative estimate of drug-likeness (QED) is 0.411. The van der Waals surface area contributed by atoms with Crippen molar-refractivity contribution in [3.05, 3.63) is 89.9 Å². The van der Waals surface area contributed by atoms with E-state index in [0.717, 1.165) is 0 Å². The summed E-state index contributed by atoms with van der Waals surface area (Å²) in [6.07, 6.45) is 4.34. The van der Waals surface area contributed by atoms with Gasteiger partial charge in [-0.1, -0.05) is 18.2 Å². The fraction of sp³-hybridized carbons (Fsp3) is 0.0909. The third kappa shape index (κ3) is 6.14. The number of carbonyl (C=O) groups excluding carboxylic acids is 2. The summed E-state index contributed by atoms with van der Waals surface area (Å²) in [6, 6.07) is 15.8. The molecule has 0 saturated carbocycles. The minimum atomic E-state index is -3.78. The molecule has 1 heterocycles. The van der Waals surface area contributed by atoms with Crippen molar-refractivity contribution in [1.29, 1.82) is 0 Å². The van der Waals surface area contributed by atoms with Gasteiger partial charge in [-0.3, -0.25) is 4.79 Å². The predicted molar refractivity (Wildman–Crippen MR) is 115 cm³/mol. The highest BCUT2D eigenvalue weighted by Gasteiger charge is 2.15. The Labute approximate surface area is 179 Å². The van der Waals surface area contributed by atoms with Crippen LogP contribution in [0.3, 0.4) is 0 Å². The van der Waals surface area contributed by atoms with Crippen molar-refractivity contribution in [3.63, 3.8) is 0 Å². The first kappa shape index (κ1) is 22.0. The zero-order valence-corrected chi connectivity index (χ0v) is 17.4. The molecule has 9 heteroatoms. The molecule has 8 nitrogen and oxygen atoms in total.